The highest BCUT2D eigenvalue weighted by Gasteiger charge is 2.13. The maximum absolute atomic E-state index is 3.65. The molecule has 1 saturated heterocycles. The second kappa shape index (κ2) is 5.85. The van der Waals surface area contributed by atoms with Crippen LogP contribution in [0, 0.1) is 0 Å². The van der Waals surface area contributed by atoms with Gasteiger partial charge < -0.3 is 10.6 Å². The van der Waals surface area contributed by atoms with E-state index in [4.69, 9.17) is 0 Å². The molecule has 2 nitrogen and oxygen atoms in total. The van der Waals surface area contributed by atoms with Gasteiger partial charge in [-0.3, -0.25) is 0 Å². The highest BCUT2D eigenvalue weighted by molar-refractivity contribution is 5.33. The van der Waals surface area contributed by atoms with E-state index in [2.05, 4.69) is 28.8 Å². The summed E-state index contributed by atoms with van der Waals surface area (Å²) >= 11 is 0. The Morgan fingerprint density at radius 1 is 1.17 bits per heavy atom. The molecule has 0 aromatic heterocycles. The number of nitrogens with one attached hydrogen (secondary N) is 2. The van der Waals surface area contributed by atoms with E-state index < -0.39 is 0 Å². The van der Waals surface area contributed by atoms with Gasteiger partial charge in [0.25, 0.3) is 0 Å². The van der Waals surface area contributed by atoms with Crippen molar-refractivity contribution in [3.8, 4) is 0 Å². The quantitative estimate of drug-likeness (QED) is 0.847. The lowest BCUT2D eigenvalue weighted by molar-refractivity contribution is 0.550. The van der Waals surface area contributed by atoms with Gasteiger partial charge in [0.2, 0.25) is 0 Å². The Morgan fingerprint density at radius 2 is 2.06 bits per heavy atom. The molecule has 0 saturated carbocycles. The van der Waals surface area contributed by atoms with E-state index in [0.29, 0.717) is 6.04 Å². The number of hydrogen-bond donors (Lipinski definition) is 2. The SMILES string of the molecule is c1cc2c(cc1CCNC1CCNC1)CCCC2. The van der Waals surface area contributed by atoms with E-state index >= 15 is 0 Å². The second-order valence-corrected chi connectivity index (χ2v) is 5.70. The van der Waals surface area contributed by atoms with E-state index in [1.165, 1.54) is 50.6 Å². The molecule has 1 aliphatic heterocycles. The molecule has 18 heavy (non-hydrogen) atoms. The smallest absolute Gasteiger partial charge is 0.0204 e. The van der Waals surface area contributed by atoms with Crippen LogP contribution in [0.15, 0.2) is 18.2 Å². The Balaban J connectivity index is 1.52. The van der Waals surface area contributed by atoms with Crippen LogP contribution < -0.4 is 10.6 Å². The topological polar surface area (TPSA) is 24.1 Å². The third kappa shape index (κ3) is 2.93. The molecular formula is C16H24N2. The summed E-state index contributed by atoms with van der Waals surface area (Å²) < 4.78 is 0. The normalized spacial score (nSPS) is 23.0. The van der Waals surface area contributed by atoms with Crippen molar-refractivity contribution in [1.82, 2.24) is 10.6 Å². The predicted octanol–water partition coefficient (Wildman–Crippen LogP) is 2.06. The molecule has 0 amide bonds. The zero-order chi connectivity index (χ0) is 12.2. The predicted molar refractivity (Wildman–Crippen MR) is 76.1 cm³/mol. The Hall–Kier alpha value is -0.860. The minimum Gasteiger partial charge on any atom is -0.315 e. The van der Waals surface area contributed by atoms with Crippen molar-refractivity contribution < 1.29 is 0 Å². The first-order valence-electron chi connectivity index (χ1n) is 7.46. The number of hydrogen-bond acceptors (Lipinski definition) is 2. The van der Waals surface area contributed by atoms with Gasteiger partial charge in [-0.15, -0.1) is 0 Å². The molecule has 1 heterocycles. The highest BCUT2D eigenvalue weighted by atomic mass is 15.0. The van der Waals surface area contributed by atoms with E-state index in [9.17, 15) is 0 Å². The average Bonchev–Trinajstić information content (AvgIpc) is 2.92. The first-order valence-corrected chi connectivity index (χ1v) is 7.46. The lowest BCUT2D eigenvalue weighted by Crippen LogP contribution is -2.32. The van der Waals surface area contributed by atoms with Gasteiger partial charge in [-0.25, -0.2) is 0 Å². The van der Waals surface area contributed by atoms with Crippen molar-refractivity contribution in [2.24, 2.45) is 0 Å². The number of rotatable bonds is 4. The highest BCUT2D eigenvalue weighted by Crippen LogP contribution is 2.22. The van der Waals surface area contributed by atoms with Crippen molar-refractivity contribution in [3.63, 3.8) is 0 Å². The largest absolute Gasteiger partial charge is 0.315 e. The van der Waals surface area contributed by atoms with Crippen LogP contribution in [0.2, 0.25) is 0 Å². The standard InChI is InChI=1S/C16H24N2/c1-2-4-15-11-13(5-6-14(15)3-1)7-10-18-16-8-9-17-12-16/h5-6,11,16-18H,1-4,7-10,12H2. The molecule has 2 heteroatoms. The molecule has 2 aliphatic rings. The zero-order valence-corrected chi connectivity index (χ0v) is 11.2. The Kier molecular flexibility index (Phi) is 3.96. The van der Waals surface area contributed by atoms with E-state index in [1.54, 1.807) is 11.1 Å². The van der Waals surface area contributed by atoms with Crippen molar-refractivity contribution in [2.75, 3.05) is 19.6 Å². The summed E-state index contributed by atoms with van der Waals surface area (Å²) in [6, 6.07) is 7.84. The first kappa shape index (κ1) is 12.2. The minimum absolute atomic E-state index is 0.697. The second-order valence-electron chi connectivity index (χ2n) is 5.70. The molecule has 1 fully saturated rings. The fourth-order valence-electron chi connectivity index (χ4n) is 3.19. The summed E-state index contributed by atoms with van der Waals surface area (Å²) in [5.41, 5.74) is 4.72. The molecular weight excluding hydrogens is 220 g/mol. The zero-order valence-electron chi connectivity index (χ0n) is 11.2. The fourth-order valence-corrected chi connectivity index (χ4v) is 3.19. The van der Waals surface area contributed by atoms with Crippen LogP contribution >= 0.6 is 0 Å². The number of fused-ring (bicyclic) bond motifs is 1. The van der Waals surface area contributed by atoms with Gasteiger partial charge in [-0.1, -0.05) is 18.2 Å². The third-order valence-corrected chi connectivity index (χ3v) is 4.32. The molecule has 1 aromatic carbocycles. The minimum atomic E-state index is 0.697. The molecule has 1 aromatic rings. The van der Waals surface area contributed by atoms with Crippen LogP contribution in [0.1, 0.15) is 36.0 Å². The maximum Gasteiger partial charge on any atom is 0.0204 e. The first-order chi connectivity index (χ1) is 8.92. The van der Waals surface area contributed by atoms with E-state index in [1.807, 2.05) is 0 Å². The van der Waals surface area contributed by atoms with Gasteiger partial charge in [-0.2, -0.15) is 0 Å². The van der Waals surface area contributed by atoms with Gasteiger partial charge in [-0.05, 0) is 68.3 Å². The van der Waals surface area contributed by atoms with Crippen molar-refractivity contribution >= 4 is 0 Å². The Morgan fingerprint density at radius 3 is 2.89 bits per heavy atom. The molecule has 98 valence electrons. The number of benzene rings is 1. The summed E-state index contributed by atoms with van der Waals surface area (Å²) in [4.78, 5) is 0. The lowest BCUT2D eigenvalue weighted by atomic mass is 9.90. The molecule has 0 bridgehead atoms. The molecule has 2 N–H and O–H groups in total. The monoisotopic (exact) mass is 244 g/mol. The van der Waals surface area contributed by atoms with Gasteiger partial charge in [0, 0.05) is 12.6 Å². The number of aryl methyl sites for hydroxylation is 2. The van der Waals surface area contributed by atoms with Crippen LogP contribution in [-0.2, 0) is 19.3 Å². The molecule has 3 rings (SSSR count). The maximum atomic E-state index is 3.65. The fraction of sp³-hybridized carbons (Fsp3) is 0.625. The summed E-state index contributed by atoms with van der Waals surface area (Å²) in [6.07, 6.45) is 7.80. The Labute approximate surface area is 110 Å². The molecule has 1 aliphatic carbocycles. The third-order valence-electron chi connectivity index (χ3n) is 4.32. The van der Waals surface area contributed by atoms with Crippen LogP contribution in [0.3, 0.4) is 0 Å². The van der Waals surface area contributed by atoms with Crippen LogP contribution in [0.4, 0.5) is 0 Å². The van der Waals surface area contributed by atoms with Gasteiger partial charge in [0.05, 0.1) is 0 Å². The molecule has 1 atom stereocenters. The summed E-state index contributed by atoms with van der Waals surface area (Å²) in [7, 11) is 0. The molecule has 1 unspecified atom stereocenters. The Bertz CT molecular complexity index is 394. The van der Waals surface area contributed by atoms with Gasteiger partial charge in [0.15, 0.2) is 0 Å². The summed E-state index contributed by atoms with van der Waals surface area (Å²) in [6.45, 7) is 3.44. The van der Waals surface area contributed by atoms with Crippen molar-refractivity contribution in [1.29, 1.82) is 0 Å². The summed E-state index contributed by atoms with van der Waals surface area (Å²) in [5.74, 6) is 0. The van der Waals surface area contributed by atoms with E-state index in [0.717, 1.165) is 13.1 Å². The van der Waals surface area contributed by atoms with Crippen molar-refractivity contribution in [2.45, 2.75) is 44.6 Å². The lowest BCUT2D eigenvalue weighted by Gasteiger charge is -2.17. The average molecular weight is 244 g/mol. The van der Waals surface area contributed by atoms with Crippen LogP contribution in [0.25, 0.3) is 0 Å². The molecule has 0 radical (unpaired) electrons. The van der Waals surface area contributed by atoms with E-state index in [-0.39, 0.29) is 0 Å². The van der Waals surface area contributed by atoms with Gasteiger partial charge in [0.1, 0.15) is 0 Å². The van der Waals surface area contributed by atoms with Crippen molar-refractivity contribution in [3.05, 3.63) is 34.9 Å². The van der Waals surface area contributed by atoms with Gasteiger partial charge >= 0.3 is 0 Å². The van der Waals surface area contributed by atoms with Crippen LogP contribution in [-0.4, -0.2) is 25.7 Å². The molecule has 0 spiro atoms. The summed E-state index contributed by atoms with van der Waals surface area (Å²) in [5, 5.41) is 7.05. The van der Waals surface area contributed by atoms with Crippen LogP contribution in [0.5, 0.6) is 0 Å².